The Hall–Kier alpha value is -0.640. The molecule has 0 atom stereocenters. The van der Waals surface area contributed by atoms with Gasteiger partial charge in [-0.15, -0.1) is 0 Å². The van der Waals surface area contributed by atoms with Crippen molar-refractivity contribution in [3.63, 3.8) is 0 Å². The molecule has 2 saturated carbocycles. The first kappa shape index (κ1) is 21.6. The van der Waals surface area contributed by atoms with E-state index in [1.54, 1.807) is 16.7 Å². The summed E-state index contributed by atoms with van der Waals surface area (Å²) >= 11 is 8.23. The van der Waals surface area contributed by atoms with E-state index in [4.69, 9.17) is 0 Å². The predicted octanol–water partition coefficient (Wildman–Crippen LogP) is 7.34. The van der Waals surface area contributed by atoms with Gasteiger partial charge in [-0.25, -0.2) is 0 Å². The molecule has 0 heterocycles. The highest BCUT2D eigenvalue weighted by Gasteiger charge is 2.42. The second kappa shape index (κ2) is 9.24. The summed E-state index contributed by atoms with van der Waals surface area (Å²) in [5.41, 5.74) is 6.19. The lowest BCUT2D eigenvalue weighted by molar-refractivity contribution is 0.330. The van der Waals surface area contributed by atoms with Gasteiger partial charge in [-0.1, -0.05) is 80.4 Å². The van der Waals surface area contributed by atoms with Crippen LogP contribution in [0.3, 0.4) is 0 Å². The minimum absolute atomic E-state index is 0.227. The van der Waals surface area contributed by atoms with Gasteiger partial charge in [-0.05, 0) is 93.6 Å². The maximum absolute atomic E-state index is 4.11. The molecule has 0 spiro atoms. The van der Waals surface area contributed by atoms with E-state index >= 15 is 0 Å². The summed E-state index contributed by atoms with van der Waals surface area (Å²) in [5, 5.41) is 0. The quantitative estimate of drug-likeness (QED) is 0.314. The third-order valence-corrected chi connectivity index (χ3v) is 9.47. The molecule has 1 nitrogen and oxygen atoms in total. The van der Waals surface area contributed by atoms with Crippen LogP contribution in [-0.4, -0.2) is 25.0 Å². The van der Waals surface area contributed by atoms with Crippen LogP contribution in [0.2, 0.25) is 0 Å². The molecular formula is C26H33Br2N. The fraction of sp³-hybridized carbons (Fsp3) is 0.538. The summed E-state index contributed by atoms with van der Waals surface area (Å²) < 4.78 is 0.454. The van der Waals surface area contributed by atoms with Crippen LogP contribution in [0, 0.1) is 0 Å². The van der Waals surface area contributed by atoms with E-state index in [0.717, 1.165) is 19.5 Å². The molecular weight excluding hydrogens is 486 g/mol. The normalized spacial score (nSPS) is 19.6. The maximum atomic E-state index is 4.11. The topological polar surface area (TPSA) is 3.24 Å². The molecule has 2 aromatic rings. The number of benzene rings is 2. The molecule has 0 saturated heterocycles. The summed E-state index contributed by atoms with van der Waals surface area (Å²) in [6.07, 6.45) is 11.3. The zero-order valence-corrected chi connectivity index (χ0v) is 20.8. The Morgan fingerprint density at radius 1 is 0.759 bits per heavy atom. The number of alkyl halides is 2. The molecule has 0 bridgehead atoms. The molecule has 0 amide bonds. The van der Waals surface area contributed by atoms with Crippen molar-refractivity contribution in [3.05, 3.63) is 70.8 Å². The third-order valence-electron chi connectivity index (χ3n) is 7.03. The Kier molecular flexibility index (Phi) is 6.88. The number of halogens is 2. The average molecular weight is 519 g/mol. The molecule has 4 rings (SSSR count). The van der Waals surface area contributed by atoms with E-state index in [-0.39, 0.29) is 8.65 Å². The summed E-state index contributed by atoms with van der Waals surface area (Å²) in [6, 6.07) is 17.9. The van der Waals surface area contributed by atoms with Gasteiger partial charge in [0.05, 0.1) is 8.65 Å². The lowest BCUT2D eigenvalue weighted by atomic mass is 9.72. The van der Waals surface area contributed by atoms with Crippen molar-refractivity contribution < 1.29 is 0 Å². The number of hydrogen-bond donors (Lipinski definition) is 0. The van der Waals surface area contributed by atoms with Crippen molar-refractivity contribution in [2.75, 3.05) is 20.1 Å². The molecule has 0 N–H and O–H groups in total. The molecule has 156 valence electrons. The van der Waals surface area contributed by atoms with Gasteiger partial charge < -0.3 is 4.90 Å². The van der Waals surface area contributed by atoms with Gasteiger partial charge in [0.15, 0.2) is 0 Å². The SMILES string of the molecule is CN(CCCc1c(C2(Br)CCC2)cccc1C1(Br)CCC1)CCc1ccccc1. The minimum atomic E-state index is 0.227. The highest BCUT2D eigenvalue weighted by Crippen LogP contribution is 2.55. The Labute approximate surface area is 193 Å². The number of hydrogen-bond acceptors (Lipinski definition) is 1. The molecule has 0 aromatic heterocycles. The molecule has 0 aliphatic heterocycles. The molecule has 2 aromatic carbocycles. The smallest absolute Gasteiger partial charge is 0.0508 e. The standard InChI is InChI=1S/C26H33Br2N/c1-29(20-14-21-9-3-2-4-10-21)19-6-11-22-23(25(27)15-7-16-25)12-5-13-24(22)26(28)17-8-18-26/h2-5,9-10,12-13H,6-8,11,14-20H2,1H3. The van der Waals surface area contributed by atoms with Crippen LogP contribution in [0.4, 0.5) is 0 Å². The first-order valence-corrected chi connectivity index (χ1v) is 12.8. The average Bonchev–Trinajstić information content (AvgIpc) is 2.69. The molecule has 3 heteroatoms. The molecule has 0 unspecified atom stereocenters. The van der Waals surface area contributed by atoms with Gasteiger partial charge in [0.1, 0.15) is 0 Å². The number of likely N-dealkylation sites (N-methyl/N-ethyl adjacent to an activating group) is 1. The van der Waals surface area contributed by atoms with Crippen molar-refractivity contribution in [2.45, 2.75) is 66.4 Å². The van der Waals surface area contributed by atoms with Crippen molar-refractivity contribution in [1.82, 2.24) is 4.90 Å². The van der Waals surface area contributed by atoms with Crippen LogP contribution in [-0.2, 0) is 21.5 Å². The van der Waals surface area contributed by atoms with Gasteiger partial charge in [0.2, 0.25) is 0 Å². The highest BCUT2D eigenvalue weighted by molar-refractivity contribution is 9.10. The van der Waals surface area contributed by atoms with E-state index in [1.807, 2.05) is 0 Å². The Morgan fingerprint density at radius 2 is 1.34 bits per heavy atom. The van der Waals surface area contributed by atoms with Crippen LogP contribution >= 0.6 is 31.9 Å². The van der Waals surface area contributed by atoms with E-state index in [1.165, 1.54) is 56.9 Å². The van der Waals surface area contributed by atoms with Crippen molar-refractivity contribution in [3.8, 4) is 0 Å². The lowest BCUT2D eigenvalue weighted by Crippen LogP contribution is -2.33. The molecule has 2 aliphatic carbocycles. The Morgan fingerprint density at radius 3 is 1.86 bits per heavy atom. The van der Waals surface area contributed by atoms with Gasteiger partial charge >= 0.3 is 0 Å². The van der Waals surface area contributed by atoms with Crippen molar-refractivity contribution >= 4 is 31.9 Å². The van der Waals surface area contributed by atoms with Crippen LogP contribution in [0.15, 0.2) is 48.5 Å². The van der Waals surface area contributed by atoms with E-state index in [9.17, 15) is 0 Å². The fourth-order valence-electron chi connectivity index (χ4n) is 4.81. The highest BCUT2D eigenvalue weighted by atomic mass is 79.9. The number of nitrogens with zero attached hydrogens (tertiary/aromatic N) is 1. The van der Waals surface area contributed by atoms with Crippen LogP contribution in [0.1, 0.15) is 67.2 Å². The molecule has 2 fully saturated rings. The fourth-order valence-corrected chi connectivity index (χ4v) is 6.68. The van der Waals surface area contributed by atoms with Gasteiger partial charge in [0.25, 0.3) is 0 Å². The summed E-state index contributed by atoms with van der Waals surface area (Å²) in [4.78, 5) is 2.50. The summed E-state index contributed by atoms with van der Waals surface area (Å²) in [5.74, 6) is 0. The van der Waals surface area contributed by atoms with Crippen LogP contribution in [0.25, 0.3) is 0 Å². The molecule has 2 aliphatic rings. The largest absolute Gasteiger partial charge is 0.306 e. The number of rotatable bonds is 9. The zero-order valence-electron chi connectivity index (χ0n) is 17.6. The zero-order chi connectivity index (χ0) is 20.3. The van der Waals surface area contributed by atoms with Crippen LogP contribution < -0.4 is 0 Å². The Bertz CT molecular complexity index is 770. The van der Waals surface area contributed by atoms with E-state index < -0.39 is 0 Å². The first-order valence-electron chi connectivity index (χ1n) is 11.2. The second-order valence-corrected chi connectivity index (χ2v) is 12.1. The summed E-state index contributed by atoms with van der Waals surface area (Å²) in [6.45, 7) is 2.29. The molecule has 29 heavy (non-hydrogen) atoms. The van der Waals surface area contributed by atoms with Gasteiger partial charge in [-0.2, -0.15) is 0 Å². The van der Waals surface area contributed by atoms with E-state index in [0.29, 0.717) is 0 Å². The second-order valence-electron chi connectivity index (χ2n) is 9.11. The van der Waals surface area contributed by atoms with Crippen LogP contribution in [0.5, 0.6) is 0 Å². The maximum Gasteiger partial charge on any atom is 0.0508 e. The predicted molar refractivity (Wildman–Crippen MR) is 131 cm³/mol. The summed E-state index contributed by atoms with van der Waals surface area (Å²) in [7, 11) is 2.27. The monoisotopic (exact) mass is 517 g/mol. The van der Waals surface area contributed by atoms with Crippen molar-refractivity contribution in [1.29, 1.82) is 0 Å². The molecule has 0 radical (unpaired) electrons. The minimum Gasteiger partial charge on any atom is -0.306 e. The third kappa shape index (κ3) is 4.83. The van der Waals surface area contributed by atoms with Gasteiger partial charge in [-0.3, -0.25) is 0 Å². The van der Waals surface area contributed by atoms with Crippen molar-refractivity contribution in [2.24, 2.45) is 0 Å². The first-order chi connectivity index (χ1) is 14.0. The van der Waals surface area contributed by atoms with Gasteiger partial charge in [0, 0.05) is 6.54 Å². The van der Waals surface area contributed by atoms with E-state index in [2.05, 4.69) is 92.3 Å². The Balaban J connectivity index is 1.42. The lowest BCUT2D eigenvalue weighted by Gasteiger charge is -2.43.